The first-order chi connectivity index (χ1) is 15.3. The maximum Gasteiger partial charge on any atom is 0.164 e. The zero-order chi connectivity index (χ0) is 21.2. The van der Waals surface area contributed by atoms with Gasteiger partial charge >= 0.3 is 0 Å². The van der Waals surface area contributed by atoms with Crippen molar-refractivity contribution in [1.82, 2.24) is 14.6 Å². The van der Waals surface area contributed by atoms with Crippen LogP contribution in [-0.2, 0) is 0 Å². The minimum absolute atomic E-state index is 0.668. The molecule has 5 nitrogen and oxygen atoms in total. The molecule has 3 aromatic carbocycles. The van der Waals surface area contributed by atoms with Gasteiger partial charge in [-0.05, 0) is 23.8 Å². The number of nitrogens with zero attached hydrogens (tertiary/aromatic N) is 3. The molecule has 0 N–H and O–H groups in total. The van der Waals surface area contributed by atoms with Gasteiger partial charge in [-0.1, -0.05) is 66.7 Å². The van der Waals surface area contributed by atoms with Crippen molar-refractivity contribution in [3.8, 4) is 45.1 Å². The SMILES string of the molecule is COc1ccc(-c2cnn3c(-c4ccccc4)cc(-c4ccccc4)nc23)cc1OC. The van der Waals surface area contributed by atoms with Crippen LogP contribution in [-0.4, -0.2) is 28.8 Å². The summed E-state index contributed by atoms with van der Waals surface area (Å²) in [5.74, 6) is 1.35. The van der Waals surface area contributed by atoms with E-state index in [2.05, 4.69) is 35.4 Å². The lowest BCUT2D eigenvalue weighted by atomic mass is 10.1. The van der Waals surface area contributed by atoms with Gasteiger partial charge in [-0.2, -0.15) is 5.10 Å². The second-order valence-electron chi connectivity index (χ2n) is 7.12. The fourth-order valence-electron chi connectivity index (χ4n) is 3.74. The molecular formula is C26H21N3O2. The number of hydrogen-bond acceptors (Lipinski definition) is 4. The number of ether oxygens (including phenoxy) is 2. The number of fused-ring (bicyclic) bond motifs is 1. The molecule has 5 rings (SSSR count). The first kappa shape index (κ1) is 18.9. The van der Waals surface area contributed by atoms with Gasteiger partial charge in [-0.25, -0.2) is 9.50 Å². The van der Waals surface area contributed by atoms with Gasteiger partial charge in [0.15, 0.2) is 17.1 Å². The van der Waals surface area contributed by atoms with Crippen LogP contribution in [0.25, 0.3) is 39.3 Å². The fourth-order valence-corrected chi connectivity index (χ4v) is 3.74. The Hall–Kier alpha value is -4.12. The molecule has 0 aliphatic heterocycles. The first-order valence-corrected chi connectivity index (χ1v) is 10.0. The third-order valence-corrected chi connectivity index (χ3v) is 5.31. The van der Waals surface area contributed by atoms with E-state index in [9.17, 15) is 0 Å². The van der Waals surface area contributed by atoms with Crippen LogP contribution in [0.3, 0.4) is 0 Å². The van der Waals surface area contributed by atoms with Crippen LogP contribution in [0, 0.1) is 0 Å². The largest absolute Gasteiger partial charge is 0.493 e. The summed E-state index contributed by atoms with van der Waals surface area (Å²) < 4.78 is 12.8. The highest BCUT2D eigenvalue weighted by Gasteiger charge is 2.16. The molecule has 2 heterocycles. The van der Waals surface area contributed by atoms with Crippen molar-refractivity contribution in [3.63, 3.8) is 0 Å². The van der Waals surface area contributed by atoms with Crippen molar-refractivity contribution < 1.29 is 9.47 Å². The third kappa shape index (κ3) is 3.40. The fraction of sp³-hybridized carbons (Fsp3) is 0.0769. The van der Waals surface area contributed by atoms with Gasteiger partial charge < -0.3 is 9.47 Å². The summed E-state index contributed by atoms with van der Waals surface area (Å²) >= 11 is 0. The summed E-state index contributed by atoms with van der Waals surface area (Å²) in [7, 11) is 3.27. The molecule has 0 saturated carbocycles. The van der Waals surface area contributed by atoms with Crippen LogP contribution in [0.15, 0.2) is 91.1 Å². The normalized spacial score (nSPS) is 10.9. The molecule has 0 bridgehead atoms. The van der Waals surface area contributed by atoms with Crippen molar-refractivity contribution in [3.05, 3.63) is 91.1 Å². The lowest BCUT2D eigenvalue weighted by Gasteiger charge is -2.11. The van der Waals surface area contributed by atoms with Crippen molar-refractivity contribution in [1.29, 1.82) is 0 Å². The van der Waals surface area contributed by atoms with Crippen LogP contribution >= 0.6 is 0 Å². The molecule has 31 heavy (non-hydrogen) atoms. The molecule has 5 heteroatoms. The Balaban J connectivity index is 1.77. The maximum atomic E-state index is 5.50. The molecule has 0 saturated heterocycles. The standard InChI is InChI=1S/C26H21N3O2/c1-30-24-14-13-20(15-25(24)31-2)21-17-27-29-23(19-11-7-4-8-12-19)16-22(28-26(21)29)18-9-5-3-6-10-18/h3-17H,1-2H3. The van der Waals surface area contributed by atoms with E-state index in [4.69, 9.17) is 14.5 Å². The predicted octanol–water partition coefficient (Wildman–Crippen LogP) is 5.75. The van der Waals surface area contributed by atoms with Gasteiger partial charge in [0.25, 0.3) is 0 Å². The van der Waals surface area contributed by atoms with Gasteiger partial charge in [-0.15, -0.1) is 0 Å². The Bertz CT molecular complexity index is 1350. The lowest BCUT2D eigenvalue weighted by Crippen LogP contribution is -1.99. The van der Waals surface area contributed by atoms with Crippen LogP contribution in [0.4, 0.5) is 0 Å². The highest BCUT2D eigenvalue weighted by molar-refractivity contribution is 5.82. The summed E-state index contributed by atoms with van der Waals surface area (Å²) in [6.45, 7) is 0. The molecular weight excluding hydrogens is 386 g/mol. The minimum atomic E-state index is 0.668. The smallest absolute Gasteiger partial charge is 0.164 e. The molecule has 0 amide bonds. The summed E-state index contributed by atoms with van der Waals surface area (Å²) in [5, 5.41) is 4.69. The monoisotopic (exact) mass is 407 g/mol. The van der Waals surface area contributed by atoms with E-state index in [-0.39, 0.29) is 0 Å². The molecule has 0 radical (unpaired) electrons. The highest BCUT2D eigenvalue weighted by atomic mass is 16.5. The number of aromatic nitrogens is 3. The van der Waals surface area contributed by atoms with E-state index in [0.717, 1.165) is 39.3 Å². The molecule has 0 aliphatic carbocycles. The highest BCUT2D eigenvalue weighted by Crippen LogP contribution is 2.35. The second-order valence-corrected chi connectivity index (χ2v) is 7.12. The Labute approximate surface area is 180 Å². The number of hydrogen-bond donors (Lipinski definition) is 0. The lowest BCUT2D eigenvalue weighted by molar-refractivity contribution is 0.355. The number of methoxy groups -OCH3 is 2. The maximum absolute atomic E-state index is 5.50. The van der Waals surface area contributed by atoms with E-state index in [1.165, 1.54) is 0 Å². The molecule has 0 atom stereocenters. The zero-order valence-corrected chi connectivity index (χ0v) is 17.3. The summed E-state index contributed by atoms with van der Waals surface area (Å²) in [6.07, 6.45) is 1.85. The van der Waals surface area contributed by atoms with Gasteiger partial charge in [0, 0.05) is 16.7 Å². The van der Waals surface area contributed by atoms with E-state index < -0.39 is 0 Å². The number of benzene rings is 3. The summed E-state index contributed by atoms with van der Waals surface area (Å²) in [5.41, 5.74) is 6.69. The van der Waals surface area contributed by atoms with Crippen molar-refractivity contribution in [2.24, 2.45) is 0 Å². The predicted molar refractivity (Wildman–Crippen MR) is 122 cm³/mol. The topological polar surface area (TPSA) is 48.7 Å². The van der Waals surface area contributed by atoms with Crippen LogP contribution < -0.4 is 9.47 Å². The molecule has 0 fully saturated rings. The van der Waals surface area contributed by atoms with E-state index in [1.54, 1.807) is 14.2 Å². The zero-order valence-electron chi connectivity index (χ0n) is 17.3. The molecule has 0 aliphatic rings. The second kappa shape index (κ2) is 7.95. The quantitative estimate of drug-likeness (QED) is 0.372. The minimum Gasteiger partial charge on any atom is -0.493 e. The Kier molecular flexibility index (Phi) is 4.84. The average molecular weight is 407 g/mol. The van der Waals surface area contributed by atoms with Crippen LogP contribution in [0.1, 0.15) is 0 Å². The molecule has 0 unspecified atom stereocenters. The average Bonchev–Trinajstić information content (AvgIpc) is 3.28. The third-order valence-electron chi connectivity index (χ3n) is 5.31. The Morgan fingerprint density at radius 2 is 1.35 bits per heavy atom. The van der Waals surface area contributed by atoms with E-state index in [0.29, 0.717) is 11.5 Å². The van der Waals surface area contributed by atoms with Gasteiger partial charge in [0.1, 0.15) is 0 Å². The molecule has 5 aromatic rings. The van der Waals surface area contributed by atoms with Crippen LogP contribution in [0.2, 0.25) is 0 Å². The molecule has 152 valence electrons. The van der Waals surface area contributed by atoms with Crippen molar-refractivity contribution in [2.75, 3.05) is 14.2 Å². The van der Waals surface area contributed by atoms with E-state index in [1.807, 2.05) is 65.3 Å². The first-order valence-electron chi connectivity index (χ1n) is 10.0. The van der Waals surface area contributed by atoms with Gasteiger partial charge in [0.2, 0.25) is 0 Å². The van der Waals surface area contributed by atoms with Gasteiger partial charge in [0.05, 0.1) is 31.8 Å². The van der Waals surface area contributed by atoms with Gasteiger partial charge in [-0.3, -0.25) is 0 Å². The van der Waals surface area contributed by atoms with Crippen molar-refractivity contribution in [2.45, 2.75) is 0 Å². The van der Waals surface area contributed by atoms with Crippen molar-refractivity contribution >= 4 is 5.65 Å². The summed E-state index contributed by atoms with van der Waals surface area (Å²) in [4.78, 5) is 4.99. The van der Waals surface area contributed by atoms with E-state index >= 15 is 0 Å². The van der Waals surface area contributed by atoms with Crippen LogP contribution in [0.5, 0.6) is 11.5 Å². The molecule has 0 spiro atoms. The molecule has 2 aromatic heterocycles. The summed E-state index contributed by atoms with van der Waals surface area (Å²) in [6, 6.07) is 28.4. The Morgan fingerprint density at radius 1 is 0.677 bits per heavy atom. The number of rotatable bonds is 5. The Morgan fingerprint density at radius 3 is 2.03 bits per heavy atom.